The molecule has 1 aliphatic rings. The summed E-state index contributed by atoms with van der Waals surface area (Å²) in [5, 5.41) is 1.22. The van der Waals surface area contributed by atoms with Gasteiger partial charge in [0.05, 0.1) is 10.9 Å². The van der Waals surface area contributed by atoms with Crippen molar-refractivity contribution in [2.75, 3.05) is 26.2 Å². The van der Waals surface area contributed by atoms with Crippen LogP contribution in [0.2, 0.25) is 5.02 Å². The Hall–Kier alpha value is -1.85. The Balaban J connectivity index is 1.59. The summed E-state index contributed by atoms with van der Waals surface area (Å²) in [5.41, 5.74) is 1.11. The Morgan fingerprint density at radius 3 is 2.65 bits per heavy atom. The average Bonchev–Trinajstić information content (AvgIpc) is 3.33. The van der Waals surface area contributed by atoms with Crippen LogP contribution in [0, 0.1) is 18.8 Å². The van der Waals surface area contributed by atoms with Crippen LogP contribution in [0.25, 0.3) is 11.0 Å². The molecule has 0 unspecified atom stereocenters. The number of furan rings is 1. The summed E-state index contributed by atoms with van der Waals surface area (Å²) in [6, 6.07) is 5.25. The van der Waals surface area contributed by atoms with Gasteiger partial charge in [-0.3, -0.25) is 9.59 Å². The van der Waals surface area contributed by atoms with Gasteiger partial charge in [-0.15, -0.1) is 0 Å². The molecule has 2 atom stereocenters. The van der Waals surface area contributed by atoms with Crippen molar-refractivity contribution in [3.05, 3.63) is 34.5 Å². The molecule has 1 aromatic heterocycles. The van der Waals surface area contributed by atoms with Crippen LogP contribution < -0.4 is 0 Å². The van der Waals surface area contributed by atoms with Gasteiger partial charge in [-0.25, -0.2) is 0 Å². The van der Waals surface area contributed by atoms with Crippen LogP contribution in [0.3, 0.4) is 0 Å². The number of ether oxygens (including phenoxy) is 1. The van der Waals surface area contributed by atoms with E-state index < -0.39 is 0 Å². The van der Waals surface area contributed by atoms with Gasteiger partial charge in [0, 0.05) is 23.4 Å². The van der Waals surface area contributed by atoms with Crippen molar-refractivity contribution in [3.8, 4) is 0 Å². The molecule has 1 aliphatic carbocycles. The second-order valence-corrected chi connectivity index (χ2v) is 7.15. The van der Waals surface area contributed by atoms with Crippen LogP contribution in [-0.2, 0) is 9.53 Å². The monoisotopic (exact) mass is 377 g/mol. The number of esters is 1. The number of nitrogens with zero attached hydrogens (tertiary/aromatic N) is 1. The highest BCUT2D eigenvalue weighted by Crippen LogP contribution is 2.42. The Bertz CT molecular complexity index is 825. The molecule has 2 aromatic rings. The second kappa shape index (κ2) is 7.80. The molecular weight excluding hydrogens is 354 g/mol. The molecular formula is C20H24ClNO4. The minimum absolute atomic E-state index is 0.0571. The van der Waals surface area contributed by atoms with Gasteiger partial charge in [0.15, 0.2) is 11.4 Å². The third-order valence-corrected chi connectivity index (χ3v) is 5.24. The fraction of sp³-hybridized carbons (Fsp3) is 0.500. The van der Waals surface area contributed by atoms with E-state index in [4.69, 9.17) is 20.8 Å². The number of carbonyl (C=O) groups is 2. The summed E-state index contributed by atoms with van der Waals surface area (Å²) in [5.74, 6) is -0.231. The zero-order valence-corrected chi connectivity index (χ0v) is 16.1. The summed E-state index contributed by atoms with van der Waals surface area (Å²) in [6.45, 7) is 8.92. The lowest BCUT2D eigenvalue weighted by Gasteiger charge is -2.17. The first-order valence-electron chi connectivity index (χ1n) is 9.07. The molecule has 0 spiro atoms. The van der Waals surface area contributed by atoms with E-state index in [-0.39, 0.29) is 23.6 Å². The van der Waals surface area contributed by atoms with Crippen LogP contribution in [0.5, 0.6) is 0 Å². The Morgan fingerprint density at radius 1 is 1.23 bits per heavy atom. The molecule has 0 bridgehead atoms. The van der Waals surface area contributed by atoms with Gasteiger partial charge in [0.25, 0.3) is 0 Å². The Kier molecular flexibility index (Phi) is 5.68. The van der Waals surface area contributed by atoms with Crippen molar-refractivity contribution in [2.45, 2.75) is 27.2 Å². The fourth-order valence-corrected chi connectivity index (χ4v) is 3.53. The Labute approximate surface area is 158 Å². The first kappa shape index (κ1) is 18.9. The highest BCUT2D eigenvalue weighted by Gasteiger charge is 2.49. The molecule has 140 valence electrons. The first-order valence-corrected chi connectivity index (χ1v) is 9.45. The zero-order chi connectivity index (χ0) is 18.8. The van der Waals surface area contributed by atoms with Crippen molar-refractivity contribution in [2.24, 2.45) is 11.8 Å². The van der Waals surface area contributed by atoms with Crippen molar-refractivity contribution in [3.63, 3.8) is 0 Å². The summed E-state index contributed by atoms with van der Waals surface area (Å²) in [4.78, 5) is 27.0. The predicted molar refractivity (Wildman–Crippen MR) is 101 cm³/mol. The number of likely N-dealkylation sites (N-methyl/N-ethyl adjacent to an activating group) is 1. The van der Waals surface area contributed by atoms with Gasteiger partial charge in [0.1, 0.15) is 12.4 Å². The van der Waals surface area contributed by atoms with Gasteiger partial charge in [0.2, 0.25) is 0 Å². The number of aryl methyl sites for hydroxylation is 1. The van der Waals surface area contributed by atoms with Crippen molar-refractivity contribution in [1.82, 2.24) is 4.90 Å². The number of hydrogen-bond acceptors (Lipinski definition) is 5. The van der Waals surface area contributed by atoms with Gasteiger partial charge < -0.3 is 14.1 Å². The number of ketones is 1. The summed E-state index contributed by atoms with van der Waals surface area (Å²) in [7, 11) is 0. The molecule has 1 heterocycles. The highest BCUT2D eigenvalue weighted by molar-refractivity contribution is 6.35. The second-order valence-electron chi connectivity index (χ2n) is 6.74. The maximum absolute atomic E-state index is 12.7. The SMILES string of the molecule is CCN(CC)CCOC(=O)[C@H]1C[C@@H]1C(=O)c1cc(Cl)c2oc(C)cc2c1. The molecule has 0 radical (unpaired) electrons. The lowest BCUT2D eigenvalue weighted by Crippen LogP contribution is -2.28. The maximum atomic E-state index is 12.7. The summed E-state index contributed by atoms with van der Waals surface area (Å²) >= 11 is 6.23. The number of fused-ring (bicyclic) bond motifs is 1. The molecule has 0 aliphatic heterocycles. The number of halogens is 1. The number of benzene rings is 1. The smallest absolute Gasteiger partial charge is 0.309 e. The summed E-state index contributed by atoms with van der Waals surface area (Å²) in [6.07, 6.45) is 0.545. The van der Waals surface area contributed by atoms with Crippen LogP contribution in [-0.4, -0.2) is 42.9 Å². The standard InChI is InChI=1S/C20H24ClNO4/c1-4-22(5-2)6-7-25-20(24)16-11-15(16)18(23)13-9-14-8-12(3)26-19(14)17(21)10-13/h8-10,15-16H,4-7,11H2,1-3H3/t15-,16-/m0/s1. The van der Waals surface area contributed by atoms with Gasteiger partial charge in [-0.1, -0.05) is 25.4 Å². The minimum atomic E-state index is -0.334. The number of rotatable bonds is 8. The predicted octanol–water partition coefficient (Wildman–Crippen LogP) is 4.10. The third-order valence-electron chi connectivity index (χ3n) is 4.95. The van der Waals surface area contributed by atoms with E-state index in [9.17, 15) is 9.59 Å². The molecule has 1 saturated carbocycles. The lowest BCUT2D eigenvalue weighted by atomic mass is 10.0. The molecule has 3 rings (SSSR count). The normalized spacial score (nSPS) is 19.1. The zero-order valence-electron chi connectivity index (χ0n) is 15.4. The van der Waals surface area contributed by atoms with E-state index in [2.05, 4.69) is 18.7 Å². The molecule has 0 N–H and O–H groups in total. The molecule has 0 saturated heterocycles. The van der Waals surface area contributed by atoms with Crippen LogP contribution in [0.4, 0.5) is 0 Å². The van der Waals surface area contributed by atoms with Crippen molar-refractivity contribution in [1.29, 1.82) is 0 Å². The topological polar surface area (TPSA) is 59.8 Å². The van der Waals surface area contributed by atoms with E-state index in [1.807, 2.05) is 13.0 Å². The first-order chi connectivity index (χ1) is 12.4. The van der Waals surface area contributed by atoms with E-state index >= 15 is 0 Å². The molecule has 1 fully saturated rings. The van der Waals surface area contributed by atoms with Crippen LogP contribution in [0.15, 0.2) is 22.6 Å². The largest absolute Gasteiger partial charge is 0.464 e. The van der Waals surface area contributed by atoms with E-state index in [0.29, 0.717) is 29.2 Å². The van der Waals surface area contributed by atoms with Gasteiger partial charge in [-0.05, 0) is 44.6 Å². The van der Waals surface area contributed by atoms with Gasteiger partial charge >= 0.3 is 5.97 Å². The number of hydrogen-bond donors (Lipinski definition) is 0. The van der Waals surface area contributed by atoms with Crippen LogP contribution >= 0.6 is 11.6 Å². The summed E-state index contributed by atoms with van der Waals surface area (Å²) < 4.78 is 10.9. The van der Waals surface area contributed by atoms with E-state index in [1.54, 1.807) is 12.1 Å². The average molecular weight is 378 g/mol. The molecule has 1 aromatic carbocycles. The number of carbonyl (C=O) groups excluding carboxylic acids is 2. The quantitative estimate of drug-likeness (QED) is 0.512. The molecule has 6 heteroatoms. The maximum Gasteiger partial charge on any atom is 0.309 e. The van der Waals surface area contributed by atoms with E-state index in [1.165, 1.54) is 0 Å². The van der Waals surface area contributed by atoms with Crippen molar-refractivity contribution >= 4 is 34.3 Å². The lowest BCUT2D eigenvalue weighted by molar-refractivity contribution is -0.145. The van der Waals surface area contributed by atoms with E-state index in [0.717, 1.165) is 30.8 Å². The number of Topliss-reactive ketones (excluding diaryl/α,β-unsaturated/α-hetero) is 1. The molecule has 26 heavy (non-hydrogen) atoms. The minimum Gasteiger partial charge on any atom is -0.464 e. The third kappa shape index (κ3) is 3.94. The molecule has 0 amide bonds. The highest BCUT2D eigenvalue weighted by atomic mass is 35.5. The fourth-order valence-electron chi connectivity index (χ4n) is 3.26. The Morgan fingerprint density at radius 2 is 1.96 bits per heavy atom. The van der Waals surface area contributed by atoms with Crippen molar-refractivity contribution < 1.29 is 18.7 Å². The molecule has 5 nitrogen and oxygen atoms in total. The van der Waals surface area contributed by atoms with Crippen LogP contribution in [0.1, 0.15) is 36.4 Å². The van der Waals surface area contributed by atoms with Gasteiger partial charge in [-0.2, -0.15) is 0 Å².